The molecule has 0 bridgehead atoms. The Balaban J connectivity index is 1.98. The first-order valence-electron chi connectivity index (χ1n) is 7.96. The minimum absolute atomic E-state index is 0.431. The summed E-state index contributed by atoms with van der Waals surface area (Å²) in [5.74, 6) is 1.36. The Morgan fingerprint density at radius 3 is 2.71 bits per heavy atom. The molecule has 0 saturated heterocycles. The SMILES string of the molecule is CCN(CC)CCCNc1nccn2nc(C(C)C)cc12. The number of aromatic nitrogens is 3. The van der Waals surface area contributed by atoms with Crippen LogP contribution in [0.15, 0.2) is 18.5 Å². The second kappa shape index (κ2) is 7.41. The lowest BCUT2D eigenvalue weighted by Crippen LogP contribution is -2.25. The molecule has 2 aromatic heterocycles. The van der Waals surface area contributed by atoms with E-state index in [0.717, 1.165) is 49.6 Å². The molecule has 5 heteroatoms. The van der Waals surface area contributed by atoms with Crippen LogP contribution in [0.4, 0.5) is 5.82 Å². The zero-order valence-electron chi connectivity index (χ0n) is 13.6. The number of rotatable bonds is 8. The van der Waals surface area contributed by atoms with Gasteiger partial charge in [-0.1, -0.05) is 27.7 Å². The summed E-state index contributed by atoms with van der Waals surface area (Å²) in [5, 5.41) is 8.03. The van der Waals surface area contributed by atoms with Crippen molar-refractivity contribution in [1.82, 2.24) is 19.5 Å². The monoisotopic (exact) mass is 289 g/mol. The molecule has 0 saturated carbocycles. The largest absolute Gasteiger partial charge is 0.368 e. The lowest BCUT2D eigenvalue weighted by Gasteiger charge is -2.17. The van der Waals surface area contributed by atoms with Gasteiger partial charge in [-0.2, -0.15) is 5.10 Å². The van der Waals surface area contributed by atoms with E-state index >= 15 is 0 Å². The Bertz CT molecular complexity index is 557. The molecular weight excluding hydrogens is 262 g/mol. The van der Waals surface area contributed by atoms with Gasteiger partial charge in [0.05, 0.1) is 5.69 Å². The number of fused-ring (bicyclic) bond motifs is 1. The van der Waals surface area contributed by atoms with Gasteiger partial charge in [-0.25, -0.2) is 9.50 Å². The standard InChI is InChI=1S/C16H27N5/c1-5-20(6-2)10-7-8-17-16-15-12-14(13(3)4)19-21(15)11-9-18-16/h9,11-13H,5-8,10H2,1-4H3,(H,17,18). The van der Waals surface area contributed by atoms with E-state index in [0.29, 0.717) is 5.92 Å². The van der Waals surface area contributed by atoms with Gasteiger partial charge in [-0.15, -0.1) is 0 Å². The van der Waals surface area contributed by atoms with Crippen LogP contribution in [-0.2, 0) is 0 Å². The summed E-state index contributed by atoms with van der Waals surface area (Å²) in [5.41, 5.74) is 2.17. The number of hydrogen-bond acceptors (Lipinski definition) is 4. The van der Waals surface area contributed by atoms with Gasteiger partial charge in [0, 0.05) is 18.9 Å². The summed E-state index contributed by atoms with van der Waals surface area (Å²) in [4.78, 5) is 6.89. The van der Waals surface area contributed by atoms with Crippen LogP contribution in [0.25, 0.3) is 5.52 Å². The molecule has 2 heterocycles. The van der Waals surface area contributed by atoms with Gasteiger partial charge >= 0.3 is 0 Å². The predicted molar refractivity (Wildman–Crippen MR) is 88.0 cm³/mol. The summed E-state index contributed by atoms with van der Waals surface area (Å²) in [6.07, 6.45) is 4.83. The van der Waals surface area contributed by atoms with Crippen molar-refractivity contribution in [3.8, 4) is 0 Å². The van der Waals surface area contributed by atoms with E-state index in [4.69, 9.17) is 0 Å². The highest BCUT2D eigenvalue weighted by molar-refractivity contribution is 5.67. The lowest BCUT2D eigenvalue weighted by molar-refractivity contribution is 0.303. The molecule has 0 aromatic carbocycles. The first-order valence-corrected chi connectivity index (χ1v) is 7.96. The van der Waals surface area contributed by atoms with Crippen molar-refractivity contribution < 1.29 is 0 Å². The van der Waals surface area contributed by atoms with Crippen LogP contribution in [-0.4, -0.2) is 45.7 Å². The van der Waals surface area contributed by atoms with Gasteiger partial charge in [-0.05, 0) is 38.0 Å². The molecule has 5 nitrogen and oxygen atoms in total. The molecule has 0 radical (unpaired) electrons. The summed E-state index contributed by atoms with van der Waals surface area (Å²) >= 11 is 0. The highest BCUT2D eigenvalue weighted by atomic mass is 15.2. The van der Waals surface area contributed by atoms with Crippen molar-refractivity contribution in [2.24, 2.45) is 0 Å². The number of hydrogen-bond donors (Lipinski definition) is 1. The number of nitrogens with one attached hydrogen (secondary N) is 1. The van der Waals surface area contributed by atoms with E-state index in [1.54, 1.807) is 6.20 Å². The first kappa shape index (κ1) is 15.8. The molecule has 1 N–H and O–H groups in total. The third kappa shape index (κ3) is 3.94. The molecular formula is C16H27N5. The van der Waals surface area contributed by atoms with Gasteiger partial charge in [-0.3, -0.25) is 0 Å². The zero-order chi connectivity index (χ0) is 15.2. The highest BCUT2D eigenvalue weighted by Gasteiger charge is 2.09. The van der Waals surface area contributed by atoms with Gasteiger partial charge in [0.15, 0.2) is 5.82 Å². The molecule has 116 valence electrons. The molecule has 0 amide bonds. The topological polar surface area (TPSA) is 45.5 Å². The average molecular weight is 289 g/mol. The average Bonchev–Trinajstić information content (AvgIpc) is 2.92. The quantitative estimate of drug-likeness (QED) is 0.759. The van der Waals surface area contributed by atoms with Gasteiger partial charge in [0.1, 0.15) is 5.52 Å². The van der Waals surface area contributed by atoms with E-state index in [-0.39, 0.29) is 0 Å². The van der Waals surface area contributed by atoms with Gasteiger partial charge < -0.3 is 10.2 Å². The Morgan fingerprint density at radius 1 is 1.29 bits per heavy atom. The maximum absolute atomic E-state index is 4.58. The number of nitrogens with zero attached hydrogens (tertiary/aromatic N) is 4. The van der Waals surface area contributed by atoms with Crippen molar-refractivity contribution in [2.45, 2.75) is 40.0 Å². The highest BCUT2D eigenvalue weighted by Crippen LogP contribution is 2.19. The van der Waals surface area contributed by atoms with E-state index < -0.39 is 0 Å². The second-order valence-corrected chi connectivity index (χ2v) is 5.64. The molecule has 0 atom stereocenters. The maximum Gasteiger partial charge on any atom is 0.152 e. The molecule has 2 aromatic rings. The smallest absolute Gasteiger partial charge is 0.152 e. The molecule has 0 aliphatic carbocycles. The van der Waals surface area contributed by atoms with Crippen molar-refractivity contribution in [3.63, 3.8) is 0 Å². The van der Waals surface area contributed by atoms with E-state index in [1.807, 2.05) is 10.7 Å². The third-order valence-electron chi connectivity index (χ3n) is 3.84. The number of anilines is 1. The molecule has 0 fully saturated rings. The van der Waals surface area contributed by atoms with Gasteiger partial charge in [0.2, 0.25) is 0 Å². The van der Waals surface area contributed by atoms with Gasteiger partial charge in [0.25, 0.3) is 0 Å². The van der Waals surface area contributed by atoms with Crippen molar-refractivity contribution >= 4 is 11.3 Å². The second-order valence-electron chi connectivity index (χ2n) is 5.64. The third-order valence-corrected chi connectivity index (χ3v) is 3.84. The van der Waals surface area contributed by atoms with Crippen LogP contribution in [0.2, 0.25) is 0 Å². The summed E-state index contributed by atoms with van der Waals surface area (Å²) in [7, 11) is 0. The summed E-state index contributed by atoms with van der Waals surface area (Å²) < 4.78 is 1.91. The minimum atomic E-state index is 0.431. The fourth-order valence-corrected chi connectivity index (χ4v) is 2.41. The van der Waals surface area contributed by atoms with Crippen molar-refractivity contribution in [2.75, 3.05) is 31.5 Å². The van der Waals surface area contributed by atoms with Crippen LogP contribution < -0.4 is 5.32 Å². The molecule has 0 unspecified atom stereocenters. The Morgan fingerprint density at radius 2 is 2.05 bits per heavy atom. The lowest BCUT2D eigenvalue weighted by atomic mass is 10.1. The minimum Gasteiger partial charge on any atom is -0.368 e. The Kier molecular flexibility index (Phi) is 5.56. The van der Waals surface area contributed by atoms with E-state index in [1.165, 1.54) is 0 Å². The first-order chi connectivity index (χ1) is 10.2. The van der Waals surface area contributed by atoms with E-state index in [9.17, 15) is 0 Å². The molecule has 0 aliphatic heterocycles. The van der Waals surface area contributed by atoms with Crippen LogP contribution >= 0.6 is 0 Å². The molecule has 0 aliphatic rings. The van der Waals surface area contributed by atoms with Crippen LogP contribution in [0, 0.1) is 0 Å². The van der Waals surface area contributed by atoms with Crippen LogP contribution in [0.3, 0.4) is 0 Å². The van der Waals surface area contributed by atoms with Crippen LogP contribution in [0.1, 0.15) is 45.7 Å². The summed E-state index contributed by atoms with van der Waals surface area (Å²) in [6, 6.07) is 2.13. The Labute approximate surface area is 127 Å². The van der Waals surface area contributed by atoms with Crippen molar-refractivity contribution in [1.29, 1.82) is 0 Å². The van der Waals surface area contributed by atoms with Crippen molar-refractivity contribution in [3.05, 3.63) is 24.2 Å². The molecule has 21 heavy (non-hydrogen) atoms. The normalized spacial score (nSPS) is 11.7. The maximum atomic E-state index is 4.58. The fourth-order valence-electron chi connectivity index (χ4n) is 2.41. The predicted octanol–water partition coefficient (Wildman–Crippen LogP) is 3.00. The molecule has 2 rings (SSSR count). The molecule has 0 spiro atoms. The Hall–Kier alpha value is -1.62. The van der Waals surface area contributed by atoms with Crippen LogP contribution in [0.5, 0.6) is 0 Å². The summed E-state index contributed by atoms with van der Waals surface area (Å²) in [6.45, 7) is 13.0. The fraction of sp³-hybridized carbons (Fsp3) is 0.625. The van der Waals surface area contributed by atoms with E-state index in [2.05, 4.69) is 54.1 Å². The zero-order valence-corrected chi connectivity index (χ0v) is 13.6.